The first-order valence-electron chi connectivity index (χ1n) is 5.39. The molecule has 0 spiro atoms. The molecule has 84 valence electrons. The number of aliphatic hydroxyl groups is 1. The van der Waals surface area contributed by atoms with Crippen molar-refractivity contribution in [3.05, 3.63) is 11.4 Å². The predicted octanol–water partition coefficient (Wildman–Crippen LogP) is 0.791. The molecule has 0 radical (unpaired) electrons. The van der Waals surface area contributed by atoms with Crippen molar-refractivity contribution in [2.24, 2.45) is 0 Å². The molecule has 15 heavy (non-hydrogen) atoms. The number of aromatic nitrogens is 3. The van der Waals surface area contributed by atoms with Crippen LogP contribution in [0, 0.1) is 0 Å². The van der Waals surface area contributed by atoms with Crippen LogP contribution in [0.3, 0.4) is 0 Å². The highest BCUT2D eigenvalue weighted by molar-refractivity contribution is 5.25. The van der Waals surface area contributed by atoms with Crippen LogP contribution in [0.2, 0.25) is 0 Å². The first-order valence-corrected chi connectivity index (χ1v) is 5.39. The maximum absolute atomic E-state index is 8.63. The Balaban J connectivity index is 2.66. The van der Waals surface area contributed by atoms with E-state index in [0.29, 0.717) is 18.9 Å². The highest BCUT2D eigenvalue weighted by atomic mass is 16.3. The minimum absolute atomic E-state index is 0.175. The van der Waals surface area contributed by atoms with Crippen LogP contribution in [-0.2, 0) is 12.8 Å². The normalized spacial score (nSPS) is 10.3. The third kappa shape index (κ3) is 3.43. The van der Waals surface area contributed by atoms with Crippen LogP contribution in [-0.4, -0.2) is 33.4 Å². The summed E-state index contributed by atoms with van der Waals surface area (Å²) in [6.07, 6.45) is 2.42. The van der Waals surface area contributed by atoms with Gasteiger partial charge in [0.05, 0.1) is 11.4 Å². The van der Waals surface area contributed by atoms with Gasteiger partial charge < -0.3 is 10.4 Å². The molecule has 2 N–H and O–H groups in total. The monoisotopic (exact) mass is 210 g/mol. The molecule has 1 aromatic heterocycles. The Bertz CT molecular complexity index is 303. The topological polar surface area (TPSA) is 70.9 Å². The van der Waals surface area contributed by atoms with E-state index in [0.717, 1.165) is 24.2 Å². The molecule has 0 amide bonds. The highest BCUT2D eigenvalue weighted by Gasteiger charge is 2.04. The fraction of sp³-hybridized carbons (Fsp3) is 0.700. The molecule has 0 aliphatic heterocycles. The summed E-state index contributed by atoms with van der Waals surface area (Å²) in [6, 6.07) is 0. The van der Waals surface area contributed by atoms with E-state index in [1.807, 2.05) is 6.92 Å². The number of hydrogen-bond acceptors (Lipinski definition) is 5. The van der Waals surface area contributed by atoms with Crippen LogP contribution in [0.25, 0.3) is 0 Å². The van der Waals surface area contributed by atoms with Crippen molar-refractivity contribution in [2.75, 3.05) is 18.5 Å². The number of aliphatic hydroxyl groups excluding tert-OH is 1. The Kier molecular flexibility index (Phi) is 4.97. The average molecular weight is 210 g/mol. The summed E-state index contributed by atoms with van der Waals surface area (Å²) in [5, 5.41) is 19.7. The molecule has 0 atom stereocenters. The van der Waals surface area contributed by atoms with Gasteiger partial charge in [0, 0.05) is 13.2 Å². The van der Waals surface area contributed by atoms with Crippen LogP contribution in [0.5, 0.6) is 0 Å². The molecule has 0 aromatic carbocycles. The Hall–Kier alpha value is -1.23. The quantitative estimate of drug-likeness (QED) is 0.679. The largest absolute Gasteiger partial charge is 0.396 e. The summed E-state index contributed by atoms with van der Waals surface area (Å²) in [5.41, 5.74) is 1.96. The first kappa shape index (κ1) is 11.8. The van der Waals surface area contributed by atoms with Gasteiger partial charge in [0.2, 0.25) is 5.95 Å². The number of nitrogens with one attached hydrogen (secondary N) is 1. The molecule has 0 aliphatic rings. The van der Waals surface area contributed by atoms with Crippen LogP contribution in [0.15, 0.2) is 0 Å². The fourth-order valence-corrected chi connectivity index (χ4v) is 1.29. The number of rotatable bonds is 6. The van der Waals surface area contributed by atoms with Gasteiger partial charge in [-0.15, -0.1) is 5.10 Å². The van der Waals surface area contributed by atoms with Crippen molar-refractivity contribution < 1.29 is 5.11 Å². The van der Waals surface area contributed by atoms with Crippen molar-refractivity contribution in [1.29, 1.82) is 0 Å². The zero-order valence-corrected chi connectivity index (χ0v) is 9.32. The lowest BCUT2D eigenvalue weighted by Crippen LogP contribution is -2.11. The van der Waals surface area contributed by atoms with Crippen molar-refractivity contribution in [1.82, 2.24) is 15.2 Å². The molecule has 0 bridgehead atoms. The molecule has 1 aromatic rings. The highest BCUT2D eigenvalue weighted by Crippen LogP contribution is 2.06. The summed E-state index contributed by atoms with van der Waals surface area (Å²) >= 11 is 0. The molecule has 0 fully saturated rings. The molecule has 0 aliphatic carbocycles. The number of anilines is 1. The molecular weight excluding hydrogens is 192 g/mol. The molecule has 0 saturated carbocycles. The average Bonchev–Trinajstić information content (AvgIpc) is 2.29. The van der Waals surface area contributed by atoms with E-state index >= 15 is 0 Å². The van der Waals surface area contributed by atoms with Gasteiger partial charge in [-0.05, 0) is 19.3 Å². The number of aryl methyl sites for hydroxylation is 2. The second kappa shape index (κ2) is 6.29. The van der Waals surface area contributed by atoms with Gasteiger partial charge in [0.1, 0.15) is 0 Å². The zero-order chi connectivity index (χ0) is 11.1. The van der Waals surface area contributed by atoms with E-state index in [9.17, 15) is 0 Å². The lowest BCUT2D eigenvalue weighted by atomic mass is 10.2. The van der Waals surface area contributed by atoms with Gasteiger partial charge in [-0.3, -0.25) is 0 Å². The summed E-state index contributed by atoms with van der Waals surface area (Å²) in [4.78, 5) is 4.37. The molecule has 1 rings (SSSR count). The van der Waals surface area contributed by atoms with Gasteiger partial charge in [0.25, 0.3) is 0 Å². The smallest absolute Gasteiger partial charge is 0.242 e. The van der Waals surface area contributed by atoms with E-state index in [2.05, 4.69) is 27.4 Å². The second-order valence-corrected chi connectivity index (χ2v) is 3.24. The summed E-state index contributed by atoms with van der Waals surface area (Å²) < 4.78 is 0. The lowest BCUT2D eigenvalue weighted by molar-refractivity contribution is 0.292. The summed E-state index contributed by atoms with van der Waals surface area (Å²) in [7, 11) is 0. The zero-order valence-electron chi connectivity index (χ0n) is 9.32. The van der Waals surface area contributed by atoms with Crippen LogP contribution in [0.1, 0.15) is 31.7 Å². The minimum Gasteiger partial charge on any atom is -0.396 e. The Morgan fingerprint density at radius 3 is 2.47 bits per heavy atom. The molecule has 0 unspecified atom stereocenters. The third-order valence-electron chi connectivity index (χ3n) is 2.13. The lowest BCUT2D eigenvalue weighted by Gasteiger charge is -2.06. The maximum atomic E-state index is 8.63. The van der Waals surface area contributed by atoms with Crippen LogP contribution in [0.4, 0.5) is 5.95 Å². The second-order valence-electron chi connectivity index (χ2n) is 3.24. The van der Waals surface area contributed by atoms with Crippen molar-refractivity contribution >= 4 is 5.95 Å². The van der Waals surface area contributed by atoms with Gasteiger partial charge in [-0.1, -0.05) is 13.8 Å². The molecule has 5 nitrogen and oxygen atoms in total. The minimum atomic E-state index is 0.175. The van der Waals surface area contributed by atoms with Gasteiger partial charge >= 0.3 is 0 Å². The van der Waals surface area contributed by atoms with E-state index in [1.165, 1.54) is 0 Å². The third-order valence-corrected chi connectivity index (χ3v) is 2.13. The molecule has 1 heterocycles. The van der Waals surface area contributed by atoms with Gasteiger partial charge in [-0.25, -0.2) is 4.98 Å². The van der Waals surface area contributed by atoms with E-state index in [-0.39, 0.29) is 6.61 Å². The molecular formula is C10H18N4O. The van der Waals surface area contributed by atoms with Gasteiger partial charge in [-0.2, -0.15) is 5.10 Å². The summed E-state index contributed by atoms with van der Waals surface area (Å²) in [5.74, 6) is 0.553. The first-order chi connectivity index (χ1) is 7.31. The van der Waals surface area contributed by atoms with Crippen molar-refractivity contribution in [3.8, 4) is 0 Å². The standard InChI is InChI=1S/C10H18N4O/c1-3-8-9(4-2)13-14-10(12-8)11-6-5-7-15/h15H,3-7H2,1-2H3,(H,11,12,14). The summed E-state index contributed by atoms with van der Waals surface area (Å²) in [6.45, 7) is 4.95. The van der Waals surface area contributed by atoms with Crippen LogP contribution < -0.4 is 5.32 Å². The Morgan fingerprint density at radius 1 is 1.13 bits per heavy atom. The van der Waals surface area contributed by atoms with Crippen LogP contribution >= 0.6 is 0 Å². The number of hydrogen-bond donors (Lipinski definition) is 2. The Morgan fingerprint density at radius 2 is 1.87 bits per heavy atom. The van der Waals surface area contributed by atoms with E-state index in [1.54, 1.807) is 0 Å². The molecule has 5 heteroatoms. The maximum Gasteiger partial charge on any atom is 0.242 e. The van der Waals surface area contributed by atoms with E-state index < -0.39 is 0 Å². The Labute approximate surface area is 90.0 Å². The van der Waals surface area contributed by atoms with Crippen molar-refractivity contribution in [2.45, 2.75) is 33.1 Å². The molecule has 0 saturated heterocycles. The number of nitrogens with zero attached hydrogens (tertiary/aromatic N) is 3. The fourth-order valence-electron chi connectivity index (χ4n) is 1.29. The van der Waals surface area contributed by atoms with Crippen molar-refractivity contribution in [3.63, 3.8) is 0 Å². The SMILES string of the molecule is CCc1nnc(NCCCO)nc1CC. The van der Waals surface area contributed by atoms with Gasteiger partial charge in [0.15, 0.2) is 0 Å². The van der Waals surface area contributed by atoms with E-state index in [4.69, 9.17) is 5.11 Å². The predicted molar refractivity (Wildman–Crippen MR) is 58.8 cm³/mol.